The molecule has 184 valence electrons. The van der Waals surface area contributed by atoms with Gasteiger partial charge in [0, 0.05) is 56.3 Å². The summed E-state index contributed by atoms with van der Waals surface area (Å²) in [6.07, 6.45) is 7.05. The molecule has 35 heavy (non-hydrogen) atoms. The van der Waals surface area contributed by atoms with Gasteiger partial charge in [-0.25, -0.2) is 8.42 Å². The lowest BCUT2D eigenvalue weighted by atomic mass is 9.97. The van der Waals surface area contributed by atoms with Crippen molar-refractivity contribution in [3.05, 3.63) is 60.6 Å². The smallest absolute Gasteiger partial charge is 0.243 e. The first-order valence-corrected chi connectivity index (χ1v) is 13.1. The highest BCUT2D eigenvalue weighted by molar-refractivity contribution is 7.89. The van der Waals surface area contributed by atoms with Crippen LogP contribution in [0.4, 0.5) is 5.82 Å². The van der Waals surface area contributed by atoms with Gasteiger partial charge in [0.1, 0.15) is 13.2 Å². The van der Waals surface area contributed by atoms with E-state index < -0.39 is 10.0 Å². The number of carbonyl (C=O) groups is 1. The normalized spacial score (nSPS) is 16.7. The summed E-state index contributed by atoms with van der Waals surface area (Å²) in [7, 11) is -3.68. The fourth-order valence-electron chi connectivity index (χ4n) is 4.27. The highest BCUT2D eigenvalue weighted by atomic mass is 32.2. The number of nitrogens with zero attached hydrogens (tertiary/aromatic N) is 4. The van der Waals surface area contributed by atoms with Crippen LogP contribution in [0.5, 0.6) is 11.5 Å². The van der Waals surface area contributed by atoms with Gasteiger partial charge in [0.25, 0.3) is 0 Å². The lowest BCUT2D eigenvalue weighted by molar-refractivity contribution is -0.120. The number of ether oxygens (including phenoxy) is 2. The number of anilines is 1. The third kappa shape index (κ3) is 5.30. The molecule has 1 fully saturated rings. The summed E-state index contributed by atoms with van der Waals surface area (Å²) in [6, 6.07) is 10.4. The predicted molar refractivity (Wildman–Crippen MR) is 128 cm³/mol. The molecule has 1 N–H and O–H groups in total. The molecule has 2 aliphatic rings. The van der Waals surface area contributed by atoms with Crippen LogP contribution >= 0.6 is 0 Å². The number of amides is 1. The van der Waals surface area contributed by atoms with E-state index in [-0.39, 0.29) is 29.8 Å². The van der Waals surface area contributed by atoms with E-state index in [0.717, 1.165) is 6.42 Å². The van der Waals surface area contributed by atoms with Gasteiger partial charge in [-0.05, 0) is 49.1 Å². The van der Waals surface area contributed by atoms with Crippen molar-refractivity contribution < 1.29 is 22.7 Å². The molecule has 1 amide bonds. The van der Waals surface area contributed by atoms with E-state index in [4.69, 9.17) is 9.47 Å². The van der Waals surface area contributed by atoms with Crippen molar-refractivity contribution in [3.8, 4) is 11.5 Å². The zero-order valence-corrected chi connectivity index (χ0v) is 20.0. The molecule has 4 heterocycles. The number of benzene rings is 1. The van der Waals surface area contributed by atoms with E-state index in [1.807, 2.05) is 18.3 Å². The molecule has 2 aromatic heterocycles. The standard InChI is InChI=1S/C24H27N5O5S/c30-24(26-23-8-12-28(27-23)11-5-18-3-9-25-10-4-18)19-6-13-29(14-7-19)35(31,32)20-1-2-21-22(17-20)34-16-15-33-21/h1-4,8-10,12,17,19H,5-7,11,13-16H2,(H,26,27,30). The molecule has 5 rings (SSSR count). The van der Waals surface area contributed by atoms with Crippen LogP contribution in [0.2, 0.25) is 0 Å². The molecule has 1 saturated heterocycles. The number of nitrogens with one attached hydrogen (secondary N) is 1. The molecule has 3 aromatic rings. The molecule has 10 nitrogen and oxygen atoms in total. The van der Waals surface area contributed by atoms with E-state index >= 15 is 0 Å². The van der Waals surface area contributed by atoms with Gasteiger partial charge < -0.3 is 14.8 Å². The Morgan fingerprint density at radius 1 is 1.03 bits per heavy atom. The fourth-order valence-corrected chi connectivity index (χ4v) is 5.75. The van der Waals surface area contributed by atoms with Crippen molar-refractivity contribution in [2.45, 2.75) is 30.7 Å². The summed E-state index contributed by atoms with van der Waals surface area (Å²) in [5.74, 6) is 1.07. The van der Waals surface area contributed by atoms with E-state index in [1.54, 1.807) is 29.2 Å². The molecule has 0 unspecified atom stereocenters. The number of sulfonamides is 1. The molecule has 0 spiro atoms. The third-order valence-corrected chi connectivity index (χ3v) is 8.14. The van der Waals surface area contributed by atoms with Crippen LogP contribution in [-0.4, -0.2) is 59.7 Å². The number of aryl methyl sites for hydroxylation is 2. The summed E-state index contributed by atoms with van der Waals surface area (Å²) < 4.78 is 40.5. The van der Waals surface area contributed by atoms with Gasteiger partial charge in [0.2, 0.25) is 15.9 Å². The summed E-state index contributed by atoms with van der Waals surface area (Å²) >= 11 is 0. The molecule has 0 bridgehead atoms. The third-order valence-electron chi connectivity index (χ3n) is 6.25. The van der Waals surface area contributed by atoms with E-state index in [0.29, 0.717) is 49.9 Å². The Morgan fingerprint density at radius 2 is 1.77 bits per heavy atom. The van der Waals surface area contributed by atoms with Gasteiger partial charge in [0.05, 0.1) is 4.90 Å². The maximum atomic E-state index is 13.1. The minimum Gasteiger partial charge on any atom is -0.486 e. The van der Waals surface area contributed by atoms with Gasteiger partial charge in [0.15, 0.2) is 17.3 Å². The van der Waals surface area contributed by atoms with Gasteiger partial charge in [-0.1, -0.05) is 0 Å². The second-order valence-electron chi connectivity index (χ2n) is 8.54. The zero-order valence-electron chi connectivity index (χ0n) is 19.2. The monoisotopic (exact) mass is 497 g/mol. The van der Waals surface area contributed by atoms with Crippen molar-refractivity contribution in [2.75, 3.05) is 31.6 Å². The first kappa shape index (κ1) is 23.3. The summed E-state index contributed by atoms with van der Waals surface area (Å²) in [5, 5.41) is 7.30. The minimum atomic E-state index is -3.68. The second-order valence-corrected chi connectivity index (χ2v) is 10.5. The largest absolute Gasteiger partial charge is 0.486 e. The topological polar surface area (TPSA) is 116 Å². The molecule has 0 aliphatic carbocycles. The van der Waals surface area contributed by atoms with Crippen molar-refractivity contribution in [3.63, 3.8) is 0 Å². The Labute approximate surface area is 203 Å². The number of pyridine rings is 1. The molecule has 0 radical (unpaired) electrons. The number of piperidine rings is 1. The molecule has 1 aromatic carbocycles. The maximum Gasteiger partial charge on any atom is 0.243 e. The lowest BCUT2D eigenvalue weighted by Gasteiger charge is -2.30. The fraction of sp³-hybridized carbons (Fsp3) is 0.375. The van der Waals surface area contributed by atoms with Gasteiger partial charge >= 0.3 is 0 Å². The predicted octanol–water partition coefficient (Wildman–Crippen LogP) is 2.33. The van der Waals surface area contributed by atoms with E-state index in [9.17, 15) is 13.2 Å². The highest BCUT2D eigenvalue weighted by Gasteiger charge is 2.33. The van der Waals surface area contributed by atoms with Crippen LogP contribution in [0.1, 0.15) is 18.4 Å². The van der Waals surface area contributed by atoms with Crippen molar-refractivity contribution >= 4 is 21.7 Å². The van der Waals surface area contributed by atoms with E-state index in [2.05, 4.69) is 15.4 Å². The first-order chi connectivity index (χ1) is 17.0. The highest BCUT2D eigenvalue weighted by Crippen LogP contribution is 2.34. The van der Waals surface area contributed by atoms with Crippen LogP contribution in [0.3, 0.4) is 0 Å². The van der Waals surface area contributed by atoms with Crippen LogP contribution in [0, 0.1) is 5.92 Å². The molecule has 0 atom stereocenters. The quantitative estimate of drug-likeness (QED) is 0.533. The Kier molecular flexibility index (Phi) is 6.69. The number of rotatable bonds is 7. The Bertz CT molecular complexity index is 1290. The minimum absolute atomic E-state index is 0.138. The van der Waals surface area contributed by atoms with Crippen molar-refractivity contribution in [1.29, 1.82) is 0 Å². The number of carbonyl (C=O) groups excluding carboxylic acids is 1. The Hall–Kier alpha value is -3.44. The Balaban J connectivity index is 1.14. The van der Waals surface area contributed by atoms with Crippen molar-refractivity contribution in [1.82, 2.24) is 19.1 Å². The lowest BCUT2D eigenvalue weighted by Crippen LogP contribution is -2.41. The number of hydrogen-bond acceptors (Lipinski definition) is 7. The molecule has 0 saturated carbocycles. The van der Waals surface area contributed by atoms with Crippen LogP contribution in [0.25, 0.3) is 0 Å². The van der Waals surface area contributed by atoms with Gasteiger partial charge in [-0.15, -0.1) is 0 Å². The summed E-state index contributed by atoms with van der Waals surface area (Å²) in [5.41, 5.74) is 1.17. The van der Waals surface area contributed by atoms with Crippen LogP contribution in [0.15, 0.2) is 59.9 Å². The molecular formula is C24H27N5O5S. The second kappa shape index (κ2) is 10.0. The molecular weight excluding hydrogens is 470 g/mol. The SMILES string of the molecule is O=C(Nc1ccn(CCc2ccncc2)n1)C1CCN(S(=O)(=O)c2ccc3c(c2)OCCO3)CC1. The number of hydrogen-bond donors (Lipinski definition) is 1. The van der Waals surface area contributed by atoms with Crippen LogP contribution < -0.4 is 14.8 Å². The zero-order chi connectivity index (χ0) is 24.3. The first-order valence-electron chi connectivity index (χ1n) is 11.6. The number of aromatic nitrogens is 3. The van der Waals surface area contributed by atoms with Crippen molar-refractivity contribution in [2.24, 2.45) is 5.92 Å². The number of fused-ring (bicyclic) bond motifs is 1. The van der Waals surface area contributed by atoms with E-state index in [1.165, 1.54) is 22.0 Å². The average molecular weight is 498 g/mol. The van der Waals surface area contributed by atoms with Crippen LogP contribution in [-0.2, 0) is 27.8 Å². The molecule has 2 aliphatic heterocycles. The summed E-state index contributed by atoms with van der Waals surface area (Å²) in [6.45, 7) is 2.07. The van der Waals surface area contributed by atoms with Gasteiger partial charge in [-0.3, -0.25) is 14.5 Å². The average Bonchev–Trinajstić information content (AvgIpc) is 3.35. The molecule has 11 heteroatoms. The maximum absolute atomic E-state index is 13.1. The van der Waals surface area contributed by atoms with Gasteiger partial charge in [-0.2, -0.15) is 9.40 Å². The Morgan fingerprint density at radius 3 is 2.54 bits per heavy atom. The summed E-state index contributed by atoms with van der Waals surface area (Å²) in [4.78, 5) is 17.0.